The fourth-order valence-corrected chi connectivity index (χ4v) is 3.94. The van der Waals surface area contributed by atoms with Gasteiger partial charge in [-0.1, -0.05) is 30.3 Å². The predicted octanol–water partition coefficient (Wildman–Crippen LogP) is 3.39. The second-order valence-electron chi connectivity index (χ2n) is 4.81. The molecule has 0 aromatic heterocycles. The van der Waals surface area contributed by atoms with Gasteiger partial charge in [0.2, 0.25) is 9.84 Å². The number of phenolic OH excluding ortho intramolecular Hbond substituents is 1. The minimum atomic E-state index is -3.83. The summed E-state index contributed by atoms with van der Waals surface area (Å²) in [6.45, 7) is 0. The number of hydrogen-bond donors (Lipinski definition) is 1. The van der Waals surface area contributed by atoms with E-state index in [1.165, 1.54) is 25.3 Å². The average molecular weight is 314 g/mol. The van der Waals surface area contributed by atoms with Crippen LogP contribution in [-0.4, -0.2) is 20.6 Å². The first-order valence-corrected chi connectivity index (χ1v) is 8.12. The van der Waals surface area contributed by atoms with Crippen LogP contribution in [0.2, 0.25) is 0 Å². The number of benzene rings is 3. The Morgan fingerprint density at radius 3 is 2.27 bits per heavy atom. The van der Waals surface area contributed by atoms with Gasteiger partial charge in [0.15, 0.2) is 0 Å². The smallest absolute Gasteiger partial charge is 0.210 e. The molecular weight excluding hydrogens is 300 g/mol. The fourth-order valence-electron chi connectivity index (χ4n) is 2.39. The van der Waals surface area contributed by atoms with Gasteiger partial charge in [0.05, 0.1) is 12.0 Å². The summed E-state index contributed by atoms with van der Waals surface area (Å²) in [5.74, 6) is 0.315. The number of sulfone groups is 1. The van der Waals surface area contributed by atoms with Gasteiger partial charge >= 0.3 is 0 Å². The SMILES string of the molecule is COc1ccc(S(=O)(=O)c2c(O)ccc3ccccc23)cc1. The molecule has 22 heavy (non-hydrogen) atoms. The lowest BCUT2D eigenvalue weighted by Crippen LogP contribution is -2.03. The molecule has 5 heteroatoms. The van der Waals surface area contributed by atoms with Gasteiger partial charge in [0, 0.05) is 5.39 Å². The van der Waals surface area contributed by atoms with Gasteiger partial charge < -0.3 is 9.84 Å². The third-order valence-electron chi connectivity index (χ3n) is 3.50. The lowest BCUT2D eigenvalue weighted by atomic mass is 10.1. The van der Waals surface area contributed by atoms with E-state index in [2.05, 4.69) is 0 Å². The third kappa shape index (κ3) is 2.29. The number of methoxy groups -OCH3 is 1. The molecule has 0 bridgehead atoms. The summed E-state index contributed by atoms with van der Waals surface area (Å²) in [6, 6.07) is 16.2. The molecule has 0 aliphatic rings. The molecule has 0 heterocycles. The van der Waals surface area contributed by atoms with E-state index in [4.69, 9.17) is 4.74 Å². The molecule has 0 radical (unpaired) electrons. The van der Waals surface area contributed by atoms with Gasteiger partial charge in [-0.05, 0) is 35.7 Å². The Balaban J connectivity index is 2.26. The van der Waals surface area contributed by atoms with Gasteiger partial charge in [-0.2, -0.15) is 0 Å². The Labute approximate surface area is 128 Å². The Morgan fingerprint density at radius 2 is 1.59 bits per heavy atom. The molecule has 3 aromatic rings. The maximum atomic E-state index is 12.9. The number of ether oxygens (including phenoxy) is 1. The minimum Gasteiger partial charge on any atom is -0.507 e. The lowest BCUT2D eigenvalue weighted by molar-refractivity contribution is 0.414. The summed E-state index contributed by atoms with van der Waals surface area (Å²) in [5, 5.41) is 11.4. The van der Waals surface area contributed by atoms with Gasteiger partial charge in [-0.15, -0.1) is 0 Å². The van der Waals surface area contributed by atoms with Crippen molar-refractivity contribution in [3.05, 3.63) is 60.7 Å². The molecule has 0 amide bonds. The normalized spacial score (nSPS) is 11.5. The first-order valence-electron chi connectivity index (χ1n) is 6.64. The second-order valence-corrected chi connectivity index (χ2v) is 6.70. The molecule has 0 saturated carbocycles. The second kappa shape index (κ2) is 5.35. The van der Waals surface area contributed by atoms with Gasteiger partial charge in [0.25, 0.3) is 0 Å². The van der Waals surface area contributed by atoms with E-state index >= 15 is 0 Å². The van der Waals surface area contributed by atoms with Crippen LogP contribution in [-0.2, 0) is 9.84 Å². The molecule has 0 unspecified atom stereocenters. The van der Waals surface area contributed by atoms with Crippen molar-refractivity contribution in [2.45, 2.75) is 9.79 Å². The van der Waals surface area contributed by atoms with Crippen LogP contribution in [0, 0.1) is 0 Å². The van der Waals surface area contributed by atoms with Crippen LogP contribution in [0.3, 0.4) is 0 Å². The molecule has 0 saturated heterocycles. The topological polar surface area (TPSA) is 63.6 Å². The predicted molar refractivity (Wildman–Crippen MR) is 84.1 cm³/mol. The summed E-state index contributed by atoms with van der Waals surface area (Å²) in [6.07, 6.45) is 0. The molecule has 1 N–H and O–H groups in total. The number of aromatic hydroxyl groups is 1. The van der Waals surface area contributed by atoms with Crippen molar-refractivity contribution < 1.29 is 18.3 Å². The average Bonchev–Trinajstić information content (AvgIpc) is 2.54. The van der Waals surface area contributed by atoms with Crippen LogP contribution >= 0.6 is 0 Å². The zero-order valence-corrected chi connectivity index (χ0v) is 12.7. The van der Waals surface area contributed by atoms with Crippen molar-refractivity contribution in [3.8, 4) is 11.5 Å². The molecule has 4 nitrogen and oxygen atoms in total. The maximum Gasteiger partial charge on any atom is 0.210 e. The molecule has 0 fully saturated rings. The first-order chi connectivity index (χ1) is 10.5. The maximum absolute atomic E-state index is 12.9. The summed E-state index contributed by atoms with van der Waals surface area (Å²) in [5.41, 5.74) is 0. The third-order valence-corrected chi connectivity index (χ3v) is 5.36. The standard InChI is InChI=1S/C17H14O4S/c1-21-13-7-9-14(10-8-13)22(19,20)17-15-5-3-2-4-12(15)6-11-16(17)18/h2-11,18H,1H3. The number of phenols is 1. The van der Waals surface area contributed by atoms with Crippen LogP contribution in [0.4, 0.5) is 0 Å². The Hall–Kier alpha value is -2.53. The molecule has 0 aliphatic heterocycles. The Morgan fingerprint density at radius 1 is 0.909 bits per heavy atom. The van der Waals surface area contributed by atoms with E-state index in [0.717, 1.165) is 5.39 Å². The fraction of sp³-hybridized carbons (Fsp3) is 0.0588. The van der Waals surface area contributed by atoms with Crippen molar-refractivity contribution in [1.82, 2.24) is 0 Å². The summed E-state index contributed by atoms with van der Waals surface area (Å²) >= 11 is 0. The largest absolute Gasteiger partial charge is 0.507 e. The van der Waals surface area contributed by atoms with Crippen molar-refractivity contribution in [1.29, 1.82) is 0 Å². The highest BCUT2D eigenvalue weighted by molar-refractivity contribution is 7.91. The highest BCUT2D eigenvalue weighted by Crippen LogP contribution is 2.35. The molecule has 3 aromatic carbocycles. The van der Waals surface area contributed by atoms with E-state index in [-0.39, 0.29) is 15.5 Å². The van der Waals surface area contributed by atoms with Gasteiger partial charge in [0.1, 0.15) is 16.4 Å². The van der Waals surface area contributed by atoms with E-state index in [0.29, 0.717) is 11.1 Å². The quantitative estimate of drug-likeness (QED) is 0.805. The van der Waals surface area contributed by atoms with Crippen LogP contribution in [0.5, 0.6) is 11.5 Å². The highest BCUT2D eigenvalue weighted by atomic mass is 32.2. The Kier molecular flexibility index (Phi) is 3.50. The van der Waals surface area contributed by atoms with Crippen LogP contribution in [0.25, 0.3) is 10.8 Å². The minimum absolute atomic E-state index is 0.0734. The Bertz CT molecular complexity index is 929. The highest BCUT2D eigenvalue weighted by Gasteiger charge is 2.24. The molecule has 0 atom stereocenters. The molecule has 112 valence electrons. The summed E-state index contributed by atoms with van der Waals surface area (Å²) in [7, 11) is -2.31. The molecule has 3 rings (SSSR count). The van der Waals surface area contributed by atoms with Crippen molar-refractivity contribution in [2.24, 2.45) is 0 Å². The van der Waals surface area contributed by atoms with E-state index in [9.17, 15) is 13.5 Å². The lowest BCUT2D eigenvalue weighted by Gasteiger charge is -2.11. The molecular formula is C17H14O4S. The zero-order chi connectivity index (χ0) is 15.7. The van der Waals surface area contributed by atoms with Crippen molar-refractivity contribution in [2.75, 3.05) is 7.11 Å². The molecule has 0 aliphatic carbocycles. The van der Waals surface area contributed by atoms with E-state index in [1.807, 2.05) is 12.1 Å². The molecule has 0 spiro atoms. The number of hydrogen-bond acceptors (Lipinski definition) is 4. The summed E-state index contributed by atoms with van der Waals surface area (Å²) < 4.78 is 30.8. The first kappa shape index (κ1) is 14.4. The number of fused-ring (bicyclic) bond motifs is 1. The van der Waals surface area contributed by atoms with Crippen LogP contribution in [0.15, 0.2) is 70.5 Å². The van der Waals surface area contributed by atoms with Gasteiger partial charge in [-0.25, -0.2) is 8.42 Å². The zero-order valence-electron chi connectivity index (χ0n) is 11.9. The van der Waals surface area contributed by atoms with E-state index < -0.39 is 9.84 Å². The van der Waals surface area contributed by atoms with Gasteiger partial charge in [-0.3, -0.25) is 0 Å². The van der Waals surface area contributed by atoms with Crippen molar-refractivity contribution >= 4 is 20.6 Å². The van der Waals surface area contributed by atoms with Crippen LogP contribution < -0.4 is 4.74 Å². The van der Waals surface area contributed by atoms with E-state index in [1.54, 1.807) is 30.3 Å². The number of rotatable bonds is 3. The van der Waals surface area contributed by atoms with Crippen molar-refractivity contribution in [3.63, 3.8) is 0 Å². The summed E-state index contributed by atoms with van der Waals surface area (Å²) in [4.78, 5) is 0.0377. The van der Waals surface area contributed by atoms with Crippen LogP contribution in [0.1, 0.15) is 0 Å². The monoisotopic (exact) mass is 314 g/mol.